The van der Waals surface area contributed by atoms with Gasteiger partial charge in [0.05, 0.1) is 21.3 Å². The molecule has 0 aliphatic heterocycles. The van der Waals surface area contributed by atoms with Crippen molar-refractivity contribution >= 4 is 0 Å². The first kappa shape index (κ1) is 13.2. The van der Waals surface area contributed by atoms with Gasteiger partial charge >= 0.3 is 0 Å². The molecular formula is C13H17NO3. The molecule has 0 saturated heterocycles. The highest BCUT2D eigenvalue weighted by Crippen LogP contribution is 2.41. The van der Waals surface area contributed by atoms with Gasteiger partial charge in [0.1, 0.15) is 0 Å². The maximum atomic E-state index is 5.98. The van der Waals surface area contributed by atoms with Gasteiger partial charge in [-0.15, -0.1) is 12.3 Å². The summed E-state index contributed by atoms with van der Waals surface area (Å²) in [7, 11) is 4.68. The number of methoxy groups -OCH3 is 3. The van der Waals surface area contributed by atoms with Crippen LogP contribution in [0.3, 0.4) is 0 Å². The van der Waals surface area contributed by atoms with Crippen LogP contribution >= 0.6 is 0 Å². The molecule has 1 aromatic rings. The topological polar surface area (TPSA) is 53.7 Å². The van der Waals surface area contributed by atoms with E-state index in [-0.39, 0.29) is 6.04 Å². The van der Waals surface area contributed by atoms with E-state index in [1.165, 1.54) is 0 Å². The van der Waals surface area contributed by atoms with Gasteiger partial charge in [-0.3, -0.25) is 0 Å². The van der Waals surface area contributed by atoms with Crippen LogP contribution in [0.15, 0.2) is 12.1 Å². The van der Waals surface area contributed by atoms with Crippen molar-refractivity contribution in [3.8, 4) is 29.6 Å². The lowest BCUT2D eigenvalue weighted by atomic mass is 10.0. The maximum Gasteiger partial charge on any atom is 0.203 e. The van der Waals surface area contributed by atoms with Gasteiger partial charge in [0, 0.05) is 18.0 Å². The Hall–Kier alpha value is -1.86. The number of hydrogen-bond acceptors (Lipinski definition) is 4. The lowest BCUT2D eigenvalue weighted by Gasteiger charge is -2.18. The molecule has 4 heteroatoms. The van der Waals surface area contributed by atoms with Crippen molar-refractivity contribution in [2.24, 2.45) is 5.73 Å². The summed E-state index contributed by atoms with van der Waals surface area (Å²) < 4.78 is 15.8. The minimum Gasteiger partial charge on any atom is -0.493 e. The smallest absolute Gasteiger partial charge is 0.203 e. The minimum absolute atomic E-state index is 0.283. The number of benzene rings is 1. The molecule has 0 spiro atoms. The molecule has 92 valence electrons. The predicted octanol–water partition coefficient (Wildman–Crippen LogP) is 1.74. The van der Waals surface area contributed by atoms with Gasteiger partial charge < -0.3 is 19.9 Å². The number of ether oxygens (including phenoxy) is 3. The summed E-state index contributed by atoms with van der Waals surface area (Å²) in [6, 6.07) is 3.34. The summed E-state index contributed by atoms with van der Waals surface area (Å²) in [6.45, 7) is 0. The summed E-state index contributed by atoms with van der Waals surface area (Å²) in [5.74, 6) is 4.22. The van der Waals surface area contributed by atoms with E-state index in [1.807, 2.05) is 6.07 Å². The number of hydrogen-bond donors (Lipinski definition) is 1. The van der Waals surface area contributed by atoms with Crippen LogP contribution in [-0.4, -0.2) is 21.3 Å². The molecule has 0 aliphatic carbocycles. The van der Waals surface area contributed by atoms with Crippen LogP contribution in [0.4, 0.5) is 0 Å². The van der Waals surface area contributed by atoms with E-state index in [2.05, 4.69) is 5.92 Å². The van der Waals surface area contributed by atoms with Crippen LogP contribution in [0.25, 0.3) is 0 Å². The van der Waals surface area contributed by atoms with E-state index in [0.717, 1.165) is 5.56 Å². The monoisotopic (exact) mass is 235 g/mol. The molecule has 0 amide bonds. The van der Waals surface area contributed by atoms with Crippen molar-refractivity contribution in [2.75, 3.05) is 21.3 Å². The van der Waals surface area contributed by atoms with Crippen molar-refractivity contribution < 1.29 is 14.2 Å². The van der Waals surface area contributed by atoms with Gasteiger partial charge in [0.15, 0.2) is 11.5 Å². The normalized spacial score (nSPS) is 11.5. The lowest BCUT2D eigenvalue weighted by Crippen LogP contribution is -2.11. The maximum absolute atomic E-state index is 5.98. The highest BCUT2D eigenvalue weighted by atomic mass is 16.5. The van der Waals surface area contributed by atoms with Gasteiger partial charge in [-0.1, -0.05) is 0 Å². The highest BCUT2D eigenvalue weighted by molar-refractivity contribution is 5.56. The third-order valence-corrected chi connectivity index (χ3v) is 2.47. The molecule has 0 aliphatic rings. The van der Waals surface area contributed by atoms with Gasteiger partial charge in [0.2, 0.25) is 5.75 Å². The Balaban J connectivity index is 3.28. The summed E-state index contributed by atoms with van der Waals surface area (Å²) >= 11 is 0. The summed E-state index contributed by atoms with van der Waals surface area (Å²) in [6.07, 6.45) is 5.69. The number of rotatable bonds is 5. The van der Waals surface area contributed by atoms with Crippen LogP contribution in [-0.2, 0) is 0 Å². The molecule has 1 rings (SSSR count). The van der Waals surface area contributed by atoms with Crippen LogP contribution < -0.4 is 19.9 Å². The fourth-order valence-electron chi connectivity index (χ4n) is 1.65. The molecule has 17 heavy (non-hydrogen) atoms. The molecule has 0 saturated carbocycles. The van der Waals surface area contributed by atoms with E-state index in [9.17, 15) is 0 Å². The van der Waals surface area contributed by atoms with Crippen molar-refractivity contribution in [1.82, 2.24) is 0 Å². The van der Waals surface area contributed by atoms with Gasteiger partial charge in [-0.25, -0.2) is 0 Å². The highest BCUT2D eigenvalue weighted by Gasteiger charge is 2.19. The lowest BCUT2D eigenvalue weighted by molar-refractivity contribution is 0.321. The molecule has 0 heterocycles. The molecule has 4 nitrogen and oxygen atoms in total. The number of terminal acetylenes is 1. The van der Waals surface area contributed by atoms with Gasteiger partial charge in [-0.05, 0) is 12.1 Å². The van der Waals surface area contributed by atoms with Crippen LogP contribution in [0.1, 0.15) is 18.0 Å². The first-order valence-corrected chi connectivity index (χ1v) is 5.17. The molecule has 2 N–H and O–H groups in total. The number of nitrogens with two attached hydrogens (primary N) is 1. The van der Waals surface area contributed by atoms with Crippen molar-refractivity contribution in [3.63, 3.8) is 0 Å². The average molecular weight is 235 g/mol. The summed E-state index contributed by atoms with van der Waals surface area (Å²) in [4.78, 5) is 0. The third-order valence-electron chi connectivity index (χ3n) is 2.47. The Labute approximate surface area is 102 Å². The van der Waals surface area contributed by atoms with Crippen molar-refractivity contribution in [2.45, 2.75) is 12.5 Å². The molecule has 1 aromatic carbocycles. The Kier molecular flexibility index (Phi) is 4.68. The zero-order chi connectivity index (χ0) is 12.8. The van der Waals surface area contributed by atoms with Gasteiger partial charge in [0.25, 0.3) is 0 Å². The molecule has 0 radical (unpaired) electrons. The van der Waals surface area contributed by atoms with E-state index < -0.39 is 0 Å². The Morgan fingerprint density at radius 2 is 1.82 bits per heavy atom. The largest absolute Gasteiger partial charge is 0.493 e. The average Bonchev–Trinajstić information content (AvgIpc) is 2.36. The van der Waals surface area contributed by atoms with Crippen LogP contribution in [0, 0.1) is 12.3 Å². The quantitative estimate of drug-likeness (QED) is 0.790. The third kappa shape index (κ3) is 2.63. The second-order valence-corrected chi connectivity index (χ2v) is 3.44. The Morgan fingerprint density at radius 3 is 2.29 bits per heavy atom. The summed E-state index contributed by atoms with van der Waals surface area (Å²) in [5, 5.41) is 0. The predicted molar refractivity (Wildman–Crippen MR) is 66.5 cm³/mol. The van der Waals surface area contributed by atoms with Crippen molar-refractivity contribution in [3.05, 3.63) is 17.7 Å². The first-order valence-electron chi connectivity index (χ1n) is 5.17. The Morgan fingerprint density at radius 1 is 1.18 bits per heavy atom. The van der Waals surface area contributed by atoms with E-state index in [4.69, 9.17) is 26.4 Å². The molecular weight excluding hydrogens is 218 g/mol. The van der Waals surface area contributed by atoms with Crippen molar-refractivity contribution in [1.29, 1.82) is 0 Å². The molecule has 1 unspecified atom stereocenters. The Bertz CT molecular complexity index is 423. The first-order chi connectivity index (χ1) is 8.19. The van der Waals surface area contributed by atoms with E-state index in [0.29, 0.717) is 23.7 Å². The minimum atomic E-state index is -0.283. The SMILES string of the molecule is C#CCC(N)c1ccc(OC)c(OC)c1OC. The second-order valence-electron chi connectivity index (χ2n) is 3.44. The van der Waals surface area contributed by atoms with E-state index >= 15 is 0 Å². The molecule has 0 bridgehead atoms. The fourth-order valence-corrected chi connectivity index (χ4v) is 1.65. The molecule has 1 atom stereocenters. The second kappa shape index (κ2) is 6.02. The zero-order valence-corrected chi connectivity index (χ0v) is 10.3. The van der Waals surface area contributed by atoms with Crippen LogP contribution in [0.5, 0.6) is 17.2 Å². The summed E-state index contributed by atoms with van der Waals surface area (Å²) in [5.41, 5.74) is 6.79. The zero-order valence-electron chi connectivity index (χ0n) is 10.3. The standard InChI is InChI=1S/C13H17NO3/c1-5-6-10(14)9-7-8-11(15-2)13(17-4)12(9)16-3/h1,7-8,10H,6,14H2,2-4H3. The molecule has 0 aromatic heterocycles. The molecule has 0 fully saturated rings. The van der Waals surface area contributed by atoms with E-state index in [1.54, 1.807) is 27.4 Å². The van der Waals surface area contributed by atoms with Crippen LogP contribution in [0.2, 0.25) is 0 Å². The van der Waals surface area contributed by atoms with Gasteiger partial charge in [-0.2, -0.15) is 0 Å². The fraction of sp³-hybridized carbons (Fsp3) is 0.385.